The van der Waals surface area contributed by atoms with Crippen molar-refractivity contribution in [3.05, 3.63) is 54.1 Å². The van der Waals surface area contributed by atoms with Gasteiger partial charge in [0.05, 0.1) is 17.3 Å². The third kappa shape index (κ3) is 2.27. The van der Waals surface area contributed by atoms with Gasteiger partial charge in [-0.05, 0) is 23.8 Å². The van der Waals surface area contributed by atoms with E-state index < -0.39 is 0 Å². The second-order valence-corrected chi connectivity index (χ2v) is 3.50. The van der Waals surface area contributed by atoms with Crippen LogP contribution in [0.2, 0.25) is 0 Å². The molecule has 1 N–H and O–H groups in total. The summed E-state index contributed by atoms with van der Waals surface area (Å²) < 4.78 is 0. The standard InChI is InChI=1S/C15H10N2/c1-2-17-15-6-4-3-5-14(15)13-9-7-12(11-16)8-10-13/h1,3-10,17H. The van der Waals surface area contributed by atoms with Crippen LogP contribution in [0.3, 0.4) is 0 Å². The highest BCUT2D eigenvalue weighted by molar-refractivity contribution is 5.79. The predicted octanol–water partition coefficient (Wildman–Crippen LogP) is 3.23. The van der Waals surface area contributed by atoms with Gasteiger partial charge in [0.2, 0.25) is 0 Å². The Bertz CT molecular complexity index is 598. The van der Waals surface area contributed by atoms with E-state index >= 15 is 0 Å². The molecule has 0 radical (unpaired) electrons. The summed E-state index contributed by atoms with van der Waals surface area (Å²) in [5.74, 6) is 0. The minimum atomic E-state index is 0.649. The summed E-state index contributed by atoms with van der Waals surface area (Å²) in [7, 11) is 0. The zero-order valence-electron chi connectivity index (χ0n) is 9.14. The van der Waals surface area contributed by atoms with Gasteiger partial charge in [0.15, 0.2) is 0 Å². The molecule has 0 aliphatic heterocycles. The Kier molecular flexibility index (Phi) is 3.10. The van der Waals surface area contributed by atoms with Crippen molar-refractivity contribution in [1.29, 1.82) is 5.26 Å². The Morgan fingerprint density at radius 2 is 1.71 bits per heavy atom. The van der Waals surface area contributed by atoms with Crippen LogP contribution in [0.4, 0.5) is 5.69 Å². The van der Waals surface area contributed by atoms with Gasteiger partial charge in [0, 0.05) is 11.6 Å². The second kappa shape index (κ2) is 4.88. The van der Waals surface area contributed by atoms with Crippen molar-refractivity contribution in [2.45, 2.75) is 0 Å². The van der Waals surface area contributed by atoms with E-state index in [1.54, 1.807) is 12.1 Å². The van der Waals surface area contributed by atoms with Gasteiger partial charge < -0.3 is 5.32 Å². The molecule has 0 saturated carbocycles. The molecule has 2 aromatic rings. The maximum Gasteiger partial charge on any atom is 0.0991 e. The van der Waals surface area contributed by atoms with Gasteiger partial charge in [0.1, 0.15) is 0 Å². The number of rotatable bonds is 2. The molecular weight excluding hydrogens is 208 g/mol. The van der Waals surface area contributed by atoms with Gasteiger partial charge in [-0.15, -0.1) is 0 Å². The number of para-hydroxylation sites is 1. The number of hydrogen-bond donors (Lipinski definition) is 1. The van der Waals surface area contributed by atoms with Crippen LogP contribution in [0.25, 0.3) is 11.1 Å². The Morgan fingerprint density at radius 1 is 1.00 bits per heavy atom. The molecule has 0 unspecified atom stereocenters. The Labute approximate surface area is 101 Å². The molecule has 0 amide bonds. The highest BCUT2D eigenvalue weighted by Crippen LogP contribution is 2.27. The fourth-order valence-corrected chi connectivity index (χ4v) is 1.65. The quantitative estimate of drug-likeness (QED) is 0.620. The third-order valence-electron chi connectivity index (χ3n) is 2.46. The lowest BCUT2D eigenvalue weighted by Gasteiger charge is -2.08. The molecule has 0 atom stereocenters. The molecule has 0 aliphatic rings. The van der Waals surface area contributed by atoms with Gasteiger partial charge in [-0.25, -0.2) is 0 Å². The summed E-state index contributed by atoms with van der Waals surface area (Å²) in [5.41, 5.74) is 3.59. The fourth-order valence-electron chi connectivity index (χ4n) is 1.65. The summed E-state index contributed by atoms with van der Waals surface area (Å²) in [6.45, 7) is 0. The van der Waals surface area contributed by atoms with E-state index in [0.717, 1.165) is 16.8 Å². The summed E-state index contributed by atoms with van der Waals surface area (Å²) in [5, 5.41) is 11.6. The Balaban J connectivity index is 2.46. The van der Waals surface area contributed by atoms with E-state index in [2.05, 4.69) is 17.4 Å². The summed E-state index contributed by atoms with van der Waals surface area (Å²) in [4.78, 5) is 0. The van der Waals surface area contributed by atoms with Gasteiger partial charge in [-0.1, -0.05) is 36.8 Å². The molecule has 80 valence electrons. The van der Waals surface area contributed by atoms with Gasteiger partial charge in [-0.2, -0.15) is 5.26 Å². The molecule has 2 nitrogen and oxygen atoms in total. The highest BCUT2D eigenvalue weighted by atomic mass is 14.8. The number of anilines is 1. The van der Waals surface area contributed by atoms with Crippen LogP contribution in [-0.4, -0.2) is 0 Å². The molecule has 2 aromatic carbocycles. The van der Waals surface area contributed by atoms with Crippen molar-refractivity contribution in [2.24, 2.45) is 0 Å². The highest BCUT2D eigenvalue weighted by Gasteiger charge is 2.03. The summed E-state index contributed by atoms with van der Waals surface area (Å²) in [6, 6.07) is 19.7. The minimum absolute atomic E-state index is 0.649. The summed E-state index contributed by atoms with van der Waals surface area (Å²) in [6.07, 6.45) is 5.25. The first-order valence-electron chi connectivity index (χ1n) is 5.16. The summed E-state index contributed by atoms with van der Waals surface area (Å²) >= 11 is 0. The molecule has 0 spiro atoms. The Morgan fingerprint density at radius 3 is 2.35 bits per heavy atom. The number of hydrogen-bond acceptors (Lipinski definition) is 2. The molecule has 0 heterocycles. The Hall–Kier alpha value is -2.71. The van der Waals surface area contributed by atoms with Crippen LogP contribution in [0, 0.1) is 23.8 Å². The topological polar surface area (TPSA) is 35.8 Å². The SMILES string of the molecule is C#CNc1ccccc1-c1ccc(C#N)cc1. The molecule has 2 rings (SSSR count). The van der Waals surface area contributed by atoms with Crippen molar-refractivity contribution in [3.8, 4) is 29.7 Å². The number of benzene rings is 2. The number of nitrogens with one attached hydrogen (secondary N) is 1. The largest absolute Gasteiger partial charge is 0.315 e. The number of nitrogens with zero attached hydrogens (tertiary/aromatic N) is 1. The molecule has 0 bridgehead atoms. The first kappa shape index (κ1) is 10.8. The fraction of sp³-hybridized carbons (Fsp3) is 0. The monoisotopic (exact) mass is 218 g/mol. The average Bonchev–Trinajstić information content (AvgIpc) is 2.40. The van der Waals surface area contributed by atoms with E-state index in [-0.39, 0.29) is 0 Å². The van der Waals surface area contributed by atoms with Crippen molar-refractivity contribution in [1.82, 2.24) is 0 Å². The minimum Gasteiger partial charge on any atom is -0.315 e. The molecular formula is C15H10N2. The molecule has 0 fully saturated rings. The van der Waals surface area contributed by atoms with Crippen LogP contribution in [0.15, 0.2) is 48.5 Å². The van der Waals surface area contributed by atoms with E-state index in [1.807, 2.05) is 36.4 Å². The van der Waals surface area contributed by atoms with Crippen molar-refractivity contribution in [2.75, 3.05) is 5.32 Å². The number of nitriles is 1. The smallest absolute Gasteiger partial charge is 0.0991 e. The lowest BCUT2D eigenvalue weighted by molar-refractivity contribution is 1.48. The first-order chi connectivity index (χ1) is 8.35. The molecule has 2 heteroatoms. The predicted molar refractivity (Wildman–Crippen MR) is 69.0 cm³/mol. The van der Waals surface area contributed by atoms with Crippen molar-refractivity contribution in [3.63, 3.8) is 0 Å². The molecule has 17 heavy (non-hydrogen) atoms. The van der Waals surface area contributed by atoms with Crippen LogP contribution < -0.4 is 5.32 Å². The van der Waals surface area contributed by atoms with Crippen LogP contribution in [0.5, 0.6) is 0 Å². The van der Waals surface area contributed by atoms with E-state index in [9.17, 15) is 0 Å². The normalized spacial score (nSPS) is 9.06. The van der Waals surface area contributed by atoms with Crippen LogP contribution in [0.1, 0.15) is 5.56 Å². The van der Waals surface area contributed by atoms with Crippen LogP contribution in [-0.2, 0) is 0 Å². The second-order valence-electron chi connectivity index (χ2n) is 3.50. The maximum absolute atomic E-state index is 8.75. The molecule has 0 aliphatic carbocycles. The molecule has 0 aromatic heterocycles. The lowest BCUT2D eigenvalue weighted by Crippen LogP contribution is -1.90. The third-order valence-corrected chi connectivity index (χ3v) is 2.46. The van der Waals surface area contributed by atoms with Gasteiger partial charge in [-0.3, -0.25) is 0 Å². The zero-order valence-corrected chi connectivity index (χ0v) is 9.14. The maximum atomic E-state index is 8.75. The molecule has 0 saturated heterocycles. The van der Waals surface area contributed by atoms with E-state index in [0.29, 0.717) is 5.56 Å². The van der Waals surface area contributed by atoms with Gasteiger partial charge in [0.25, 0.3) is 0 Å². The van der Waals surface area contributed by atoms with Gasteiger partial charge >= 0.3 is 0 Å². The zero-order chi connectivity index (χ0) is 12.1. The number of terminal acetylenes is 1. The lowest BCUT2D eigenvalue weighted by atomic mass is 10.0. The first-order valence-corrected chi connectivity index (χ1v) is 5.16. The van der Waals surface area contributed by atoms with Crippen molar-refractivity contribution >= 4 is 5.69 Å². The van der Waals surface area contributed by atoms with E-state index in [1.165, 1.54) is 0 Å². The van der Waals surface area contributed by atoms with E-state index in [4.69, 9.17) is 11.7 Å². The average molecular weight is 218 g/mol. The van der Waals surface area contributed by atoms with Crippen molar-refractivity contribution < 1.29 is 0 Å². The van der Waals surface area contributed by atoms with Crippen LogP contribution >= 0.6 is 0 Å².